The van der Waals surface area contributed by atoms with Gasteiger partial charge in [0, 0.05) is 17.6 Å². The number of esters is 1. The summed E-state index contributed by atoms with van der Waals surface area (Å²) in [6.45, 7) is 0. The van der Waals surface area contributed by atoms with Crippen molar-refractivity contribution in [1.82, 2.24) is 0 Å². The quantitative estimate of drug-likeness (QED) is 0.534. The van der Waals surface area contributed by atoms with Crippen LogP contribution in [0.2, 0.25) is 5.02 Å². The SMILES string of the molecule is CN=C(Nc1ccc(C(=O)OC)s1)c1ccc(Cl)cc1. The predicted octanol–water partition coefficient (Wildman–Crippen LogP) is 3.68. The summed E-state index contributed by atoms with van der Waals surface area (Å²) in [6, 6.07) is 10.9. The van der Waals surface area contributed by atoms with Crippen LogP contribution < -0.4 is 5.32 Å². The van der Waals surface area contributed by atoms with Gasteiger partial charge in [0.05, 0.1) is 12.1 Å². The standard InChI is InChI=1S/C14H13ClN2O2S/c1-16-13(9-3-5-10(15)6-4-9)17-12-8-7-11(20-12)14(18)19-2/h3-8H,1-2H3,(H,16,17). The number of anilines is 1. The first-order valence-electron chi connectivity index (χ1n) is 5.82. The first kappa shape index (κ1) is 14.6. The van der Waals surface area contributed by atoms with Gasteiger partial charge in [-0.05, 0) is 36.4 Å². The fraction of sp³-hybridized carbons (Fsp3) is 0.143. The highest BCUT2D eigenvalue weighted by Gasteiger charge is 2.10. The van der Waals surface area contributed by atoms with Crippen molar-refractivity contribution in [3.8, 4) is 0 Å². The molecule has 0 saturated heterocycles. The van der Waals surface area contributed by atoms with Crippen LogP contribution in [-0.2, 0) is 4.74 Å². The Morgan fingerprint density at radius 3 is 2.55 bits per heavy atom. The Kier molecular flexibility index (Phi) is 4.76. The number of carbonyl (C=O) groups excluding carboxylic acids is 1. The lowest BCUT2D eigenvalue weighted by Crippen LogP contribution is -2.12. The van der Waals surface area contributed by atoms with Crippen LogP contribution in [0.4, 0.5) is 5.00 Å². The highest BCUT2D eigenvalue weighted by Crippen LogP contribution is 2.23. The van der Waals surface area contributed by atoms with E-state index >= 15 is 0 Å². The number of aliphatic imine (C=N–C) groups is 1. The van der Waals surface area contributed by atoms with Crippen molar-refractivity contribution < 1.29 is 9.53 Å². The van der Waals surface area contributed by atoms with Gasteiger partial charge in [-0.15, -0.1) is 11.3 Å². The highest BCUT2D eigenvalue weighted by molar-refractivity contribution is 7.18. The Morgan fingerprint density at radius 1 is 1.25 bits per heavy atom. The van der Waals surface area contributed by atoms with Crippen molar-refractivity contribution in [3.63, 3.8) is 0 Å². The molecule has 0 spiro atoms. The molecule has 6 heteroatoms. The maximum absolute atomic E-state index is 11.4. The summed E-state index contributed by atoms with van der Waals surface area (Å²) < 4.78 is 4.68. The molecule has 0 radical (unpaired) electrons. The van der Waals surface area contributed by atoms with E-state index in [9.17, 15) is 4.79 Å². The second kappa shape index (κ2) is 6.54. The Hall–Kier alpha value is -1.85. The van der Waals surface area contributed by atoms with Crippen molar-refractivity contribution in [2.75, 3.05) is 19.5 Å². The normalized spacial score (nSPS) is 11.2. The average molecular weight is 309 g/mol. The zero-order valence-electron chi connectivity index (χ0n) is 11.0. The van der Waals surface area contributed by atoms with Crippen LogP contribution >= 0.6 is 22.9 Å². The molecule has 0 aliphatic heterocycles. The molecule has 1 heterocycles. The van der Waals surface area contributed by atoms with Crippen LogP contribution in [-0.4, -0.2) is 26.0 Å². The Bertz CT molecular complexity index is 635. The molecule has 0 aliphatic rings. The lowest BCUT2D eigenvalue weighted by atomic mass is 10.2. The molecule has 1 aromatic carbocycles. The van der Waals surface area contributed by atoms with Crippen molar-refractivity contribution in [1.29, 1.82) is 0 Å². The number of hydrogen-bond acceptors (Lipinski definition) is 4. The number of nitrogens with one attached hydrogen (secondary N) is 1. The van der Waals surface area contributed by atoms with Gasteiger partial charge < -0.3 is 10.1 Å². The number of halogens is 1. The van der Waals surface area contributed by atoms with Crippen molar-refractivity contribution in [3.05, 3.63) is 51.9 Å². The summed E-state index contributed by atoms with van der Waals surface area (Å²) in [5.41, 5.74) is 0.921. The number of nitrogens with zero attached hydrogens (tertiary/aromatic N) is 1. The second-order valence-electron chi connectivity index (χ2n) is 3.86. The second-order valence-corrected chi connectivity index (χ2v) is 5.38. The van der Waals surface area contributed by atoms with Gasteiger partial charge in [0.15, 0.2) is 0 Å². The number of ether oxygens (including phenoxy) is 1. The summed E-state index contributed by atoms with van der Waals surface area (Å²) in [4.78, 5) is 16.2. The van der Waals surface area contributed by atoms with E-state index in [4.69, 9.17) is 11.6 Å². The molecule has 2 aromatic rings. The molecule has 0 amide bonds. The number of rotatable bonds is 3. The first-order valence-corrected chi connectivity index (χ1v) is 7.01. The minimum Gasteiger partial charge on any atom is -0.465 e. The number of carbonyl (C=O) groups is 1. The van der Waals surface area contributed by atoms with Crippen molar-refractivity contribution in [2.24, 2.45) is 4.99 Å². The van der Waals surface area contributed by atoms with Gasteiger partial charge in [0.1, 0.15) is 10.7 Å². The Labute approximate surface area is 126 Å². The molecule has 0 aliphatic carbocycles. The van der Waals surface area contributed by atoms with Crippen LogP contribution in [0.25, 0.3) is 0 Å². The third-order valence-electron chi connectivity index (χ3n) is 2.58. The molecule has 0 unspecified atom stereocenters. The zero-order chi connectivity index (χ0) is 14.5. The maximum atomic E-state index is 11.4. The summed E-state index contributed by atoms with van der Waals surface area (Å²) in [7, 11) is 3.06. The fourth-order valence-electron chi connectivity index (χ4n) is 1.60. The van der Waals surface area contributed by atoms with Gasteiger partial charge in [-0.3, -0.25) is 4.99 Å². The average Bonchev–Trinajstić information content (AvgIpc) is 2.93. The van der Waals surface area contributed by atoms with E-state index in [0.717, 1.165) is 10.6 Å². The molecule has 4 nitrogen and oxygen atoms in total. The molecule has 1 aromatic heterocycles. The van der Waals surface area contributed by atoms with Crippen LogP contribution in [0.1, 0.15) is 15.2 Å². The van der Waals surface area contributed by atoms with Gasteiger partial charge >= 0.3 is 5.97 Å². The predicted molar refractivity (Wildman–Crippen MR) is 83.2 cm³/mol. The lowest BCUT2D eigenvalue weighted by molar-refractivity contribution is 0.0606. The van der Waals surface area contributed by atoms with E-state index in [0.29, 0.717) is 15.7 Å². The van der Waals surface area contributed by atoms with Gasteiger partial charge in [-0.1, -0.05) is 11.6 Å². The minimum absolute atomic E-state index is 0.343. The summed E-state index contributed by atoms with van der Waals surface area (Å²) in [6.07, 6.45) is 0. The summed E-state index contributed by atoms with van der Waals surface area (Å²) in [5.74, 6) is 0.365. The number of amidine groups is 1. The van der Waals surface area contributed by atoms with Gasteiger partial charge in [-0.2, -0.15) is 0 Å². The molecule has 0 bridgehead atoms. The third-order valence-corrected chi connectivity index (χ3v) is 3.81. The lowest BCUT2D eigenvalue weighted by Gasteiger charge is -2.07. The van der Waals surface area contributed by atoms with Crippen LogP contribution in [0, 0.1) is 0 Å². The molecule has 0 atom stereocenters. The number of benzene rings is 1. The number of thiophene rings is 1. The largest absolute Gasteiger partial charge is 0.465 e. The fourth-order valence-corrected chi connectivity index (χ4v) is 2.55. The summed E-state index contributed by atoms with van der Waals surface area (Å²) >= 11 is 7.18. The van der Waals surface area contributed by atoms with Crippen molar-refractivity contribution in [2.45, 2.75) is 0 Å². The Balaban J connectivity index is 2.17. The smallest absolute Gasteiger partial charge is 0.348 e. The first-order chi connectivity index (χ1) is 9.63. The number of methoxy groups -OCH3 is 1. The topological polar surface area (TPSA) is 50.7 Å². The molecule has 2 rings (SSSR count). The van der Waals surface area contributed by atoms with Crippen molar-refractivity contribution >= 4 is 39.7 Å². The number of hydrogen-bond donors (Lipinski definition) is 1. The molecular weight excluding hydrogens is 296 g/mol. The maximum Gasteiger partial charge on any atom is 0.348 e. The molecule has 20 heavy (non-hydrogen) atoms. The van der Waals surface area contributed by atoms with E-state index in [1.807, 2.05) is 18.2 Å². The van der Waals surface area contributed by atoms with Crippen LogP contribution in [0.5, 0.6) is 0 Å². The molecule has 104 valence electrons. The van der Waals surface area contributed by atoms with E-state index in [-0.39, 0.29) is 5.97 Å². The molecular formula is C14H13ClN2O2S. The van der Waals surface area contributed by atoms with E-state index in [1.165, 1.54) is 18.4 Å². The monoisotopic (exact) mass is 308 g/mol. The van der Waals surface area contributed by atoms with E-state index < -0.39 is 0 Å². The zero-order valence-corrected chi connectivity index (χ0v) is 12.6. The van der Waals surface area contributed by atoms with Crippen LogP contribution in [0.3, 0.4) is 0 Å². The van der Waals surface area contributed by atoms with Gasteiger partial charge in [0.2, 0.25) is 0 Å². The third kappa shape index (κ3) is 3.37. The van der Waals surface area contributed by atoms with E-state index in [2.05, 4.69) is 15.0 Å². The minimum atomic E-state index is -0.343. The van der Waals surface area contributed by atoms with Gasteiger partial charge in [-0.25, -0.2) is 4.79 Å². The molecule has 1 N–H and O–H groups in total. The van der Waals surface area contributed by atoms with Crippen LogP contribution in [0.15, 0.2) is 41.4 Å². The van der Waals surface area contributed by atoms with Gasteiger partial charge in [0.25, 0.3) is 0 Å². The molecule has 0 fully saturated rings. The molecule has 0 saturated carbocycles. The Morgan fingerprint density at radius 2 is 1.95 bits per heavy atom. The highest BCUT2D eigenvalue weighted by atomic mass is 35.5. The van der Waals surface area contributed by atoms with E-state index in [1.54, 1.807) is 25.2 Å². The summed E-state index contributed by atoms with van der Waals surface area (Å²) in [5, 5.41) is 4.68.